The summed E-state index contributed by atoms with van der Waals surface area (Å²) in [6, 6.07) is 0.368. The van der Waals surface area contributed by atoms with Gasteiger partial charge < -0.3 is 5.32 Å². The molecular weight excluding hydrogens is 248 g/mol. The molecule has 0 bridgehead atoms. The van der Waals surface area contributed by atoms with Gasteiger partial charge in [0.1, 0.15) is 6.54 Å². The van der Waals surface area contributed by atoms with Crippen molar-refractivity contribution in [2.45, 2.75) is 45.2 Å². The summed E-state index contributed by atoms with van der Waals surface area (Å²) in [5, 5.41) is 4.94. The quantitative estimate of drug-likeness (QED) is 0.878. The molecule has 2 fully saturated rings. The standard InChI is InChI=1S/C13H18N2O2S/c1-8-7-18-13(17)15(8)6-11(16)14-12(9-2-3-9)10-4-5-10/h7,9-10,12H,2-6H2,1H3,(H,14,16). The van der Waals surface area contributed by atoms with Crippen LogP contribution in [0.5, 0.6) is 0 Å². The first-order valence-electron chi connectivity index (χ1n) is 6.59. The molecule has 0 atom stereocenters. The van der Waals surface area contributed by atoms with Gasteiger partial charge >= 0.3 is 4.87 Å². The highest BCUT2D eigenvalue weighted by atomic mass is 32.1. The molecule has 4 nitrogen and oxygen atoms in total. The molecule has 2 saturated carbocycles. The highest BCUT2D eigenvalue weighted by Crippen LogP contribution is 2.44. The van der Waals surface area contributed by atoms with Crippen molar-refractivity contribution in [1.29, 1.82) is 0 Å². The van der Waals surface area contributed by atoms with Gasteiger partial charge in [-0.25, -0.2) is 0 Å². The molecule has 0 aromatic carbocycles. The van der Waals surface area contributed by atoms with Crippen molar-refractivity contribution < 1.29 is 4.79 Å². The Bertz CT molecular complexity index is 499. The minimum absolute atomic E-state index is 0.0117. The highest BCUT2D eigenvalue weighted by molar-refractivity contribution is 7.07. The van der Waals surface area contributed by atoms with Gasteiger partial charge in [-0.05, 0) is 44.4 Å². The van der Waals surface area contributed by atoms with E-state index in [1.54, 1.807) is 9.95 Å². The Morgan fingerprint density at radius 3 is 2.50 bits per heavy atom. The normalized spacial score (nSPS) is 19.2. The second-order valence-electron chi connectivity index (χ2n) is 5.50. The number of hydrogen-bond donors (Lipinski definition) is 1. The van der Waals surface area contributed by atoms with Gasteiger partial charge in [0.25, 0.3) is 0 Å². The summed E-state index contributed by atoms with van der Waals surface area (Å²) in [5.41, 5.74) is 0.870. The summed E-state index contributed by atoms with van der Waals surface area (Å²) in [6.07, 6.45) is 5.00. The molecule has 18 heavy (non-hydrogen) atoms. The maximum atomic E-state index is 12.0. The van der Waals surface area contributed by atoms with E-state index in [2.05, 4.69) is 5.32 Å². The highest BCUT2D eigenvalue weighted by Gasteiger charge is 2.42. The molecule has 0 aliphatic heterocycles. The fraction of sp³-hybridized carbons (Fsp3) is 0.692. The molecule has 1 N–H and O–H groups in total. The molecule has 0 saturated heterocycles. The number of amides is 1. The van der Waals surface area contributed by atoms with Gasteiger partial charge in [0.15, 0.2) is 0 Å². The number of nitrogens with zero attached hydrogens (tertiary/aromatic N) is 1. The molecule has 1 amide bonds. The van der Waals surface area contributed by atoms with E-state index < -0.39 is 0 Å². The zero-order chi connectivity index (χ0) is 12.7. The van der Waals surface area contributed by atoms with E-state index in [1.165, 1.54) is 25.7 Å². The van der Waals surface area contributed by atoms with E-state index in [1.807, 2.05) is 6.92 Å². The van der Waals surface area contributed by atoms with Crippen molar-refractivity contribution in [1.82, 2.24) is 9.88 Å². The first-order chi connectivity index (χ1) is 8.65. The third kappa shape index (κ3) is 2.51. The van der Waals surface area contributed by atoms with Crippen molar-refractivity contribution in [3.05, 3.63) is 20.7 Å². The van der Waals surface area contributed by atoms with Gasteiger partial charge in [-0.3, -0.25) is 14.2 Å². The first kappa shape index (κ1) is 12.0. The molecule has 2 aliphatic rings. The maximum Gasteiger partial charge on any atom is 0.307 e. The summed E-state index contributed by atoms with van der Waals surface area (Å²) in [7, 11) is 0. The van der Waals surface area contributed by atoms with Crippen molar-refractivity contribution >= 4 is 17.2 Å². The topological polar surface area (TPSA) is 51.1 Å². The molecule has 2 aliphatic carbocycles. The summed E-state index contributed by atoms with van der Waals surface area (Å²) >= 11 is 1.16. The molecule has 0 unspecified atom stereocenters. The van der Waals surface area contributed by atoms with Gasteiger partial charge in [0.05, 0.1) is 0 Å². The summed E-state index contributed by atoms with van der Waals surface area (Å²) in [6.45, 7) is 2.04. The fourth-order valence-corrected chi connectivity index (χ4v) is 3.24. The Hall–Kier alpha value is -1.10. The van der Waals surface area contributed by atoms with Crippen molar-refractivity contribution in [3.63, 3.8) is 0 Å². The van der Waals surface area contributed by atoms with Crippen LogP contribution >= 0.6 is 11.3 Å². The number of aryl methyl sites for hydroxylation is 1. The lowest BCUT2D eigenvalue weighted by molar-refractivity contribution is -0.122. The minimum atomic E-state index is -0.0444. The van der Waals surface area contributed by atoms with Crippen LogP contribution in [-0.2, 0) is 11.3 Å². The molecular formula is C13H18N2O2S. The SMILES string of the molecule is Cc1csc(=O)n1CC(=O)NC(C1CC1)C1CC1. The number of carbonyl (C=O) groups is 1. The largest absolute Gasteiger partial charge is 0.351 e. The maximum absolute atomic E-state index is 12.0. The average Bonchev–Trinajstić information content (AvgIpc) is 3.23. The zero-order valence-electron chi connectivity index (χ0n) is 10.5. The Morgan fingerprint density at radius 2 is 2.06 bits per heavy atom. The molecule has 98 valence electrons. The number of rotatable bonds is 5. The van der Waals surface area contributed by atoms with Crippen LogP contribution in [0.4, 0.5) is 0 Å². The molecule has 3 rings (SSSR count). The van der Waals surface area contributed by atoms with Crippen LogP contribution in [0.2, 0.25) is 0 Å². The third-order valence-electron chi connectivity index (χ3n) is 3.87. The second kappa shape index (κ2) is 4.53. The van der Waals surface area contributed by atoms with Crippen molar-refractivity contribution in [2.24, 2.45) is 11.8 Å². The third-order valence-corrected chi connectivity index (χ3v) is 4.75. The van der Waals surface area contributed by atoms with Crippen LogP contribution in [0.1, 0.15) is 31.4 Å². The minimum Gasteiger partial charge on any atom is -0.351 e. The number of carbonyl (C=O) groups excluding carboxylic acids is 1. The lowest BCUT2D eigenvalue weighted by atomic mass is 10.1. The number of aromatic nitrogens is 1. The van der Waals surface area contributed by atoms with E-state index in [0.717, 1.165) is 17.0 Å². The van der Waals surface area contributed by atoms with E-state index in [-0.39, 0.29) is 17.3 Å². The van der Waals surface area contributed by atoms with E-state index >= 15 is 0 Å². The Balaban J connectivity index is 1.62. The lowest BCUT2D eigenvalue weighted by Gasteiger charge is -2.17. The summed E-state index contributed by atoms with van der Waals surface area (Å²) in [5.74, 6) is 1.38. The second-order valence-corrected chi connectivity index (χ2v) is 6.32. The summed E-state index contributed by atoms with van der Waals surface area (Å²) < 4.78 is 1.55. The van der Waals surface area contributed by atoms with Crippen molar-refractivity contribution in [2.75, 3.05) is 0 Å². The zero-order valence-corrected chi connectivity index (χ0v) is 11.3. The van der Waals surface area contributed by atoms with Crippen LogP contribution in [-0.4, -0.2) is 16.5 Å². The van der Waals surface area contributed by atoms with Crippen LogP contribution < -0.4 is 10.2 Å². The lowest BCUT2D eigenvalue weighted by Crippen LogP contribution is -2.41. The molecule has 0 spiro atoms. The van der Waals surface area contributed by atoms with Crippen LogP contribution in [0.15, 0.2) is 10.2 Å². The van der Waals surface area contributed by atoms with Crippen LogP contribution in [0, 0.1) is 18.8 Å². The van der Waals surface area contributed by atoms with Gasteiger partial charge in [0.2, 0.25) is 5.91 Å². The predicted octanol–water partition coefficient (Wildman–Crippen LogP) is 1.52. The smallest absolute Gasteiger partial charge is 0.307 e. The number of hydrogen-bond acceptors (Lipinski definition) is 3. The van der Waals surface area contributed by atoms with Gasteiger partial charge in [-0.1, -0.05) is 11.3 Å². The molecule has 1 heterocycles. The van der Waals surface area contributed by atoms with E-state index in [0.29, 0.717) is 17.9 Å². The summed E-state index contributed by atoms with van der Waals surface area (Å²) in [4.78, 5) is 23.5. The Labute approximate surface area is 110 Å². The predicted molar refractivity (Wildman–Crippen MR) is 70.7 cm³/mol. The van der Waals surface area contributed by atoms with Gasteiger partial charge in [-0.15, -0.1) is 0 Å². The van der Waals surface area contributed by atoms with Crippen molar-refractivity contribution in [3.8, 4) is 0 Å². The van der Waals surface area contributed by atoms with Crippen LogP contribution in [0.25, 0.3) is 0 Å². The van der Waals surface area contributed by atoms with Gasteiger partial charge in [0, 0.05) is 17.1 Å². The molecule has 1 aromatic rings. The monoisotopic (exact) mass is 266 g/mol. The number of nitrogens with one attached hydrogen (secondary N) is 1. The van der Waals surface area contributed by atoms with Crippen LogP contribution in [0.3, 0.4) is 0 Å². The fourth-order valence-electron chi connectivity index (χ4n) is 2.50. The van der Waals surface area contributed by atoms with E-state index in [4.69, 9.17) is 0 Å². The average molecular weight is 266 g/mol. The first-order valence-corrected chi connectivity index (χ1v) is 7.47. The Kier molecular flexibility index (Phi) is 3.01. The van der Waals surface area contributed by atoms with Gasteiger partial charge in [-0.2, -0.15) is 0 Å². The van der Waals surface area contributed by atoms with E-state index in [9.17, 15) is 9.59 Å². The molecule has 1 aromatic heterocycles. The molecule has 5 heteroatoms. The molecule has 0 radical (unpaired) electrons. The number of thiazole rings is 1. The Morgan fingerprint density at radius 1 is 1.44 bits per heavy atom.